The van der Waals surface area contributed by atoms with Gasteiger partial charge in [0.1, 0.15) is 11.0 Å². The number of hydrogen-bond donors (Lipinski definition) is 2. The maximum Gasteiger partial charge on any atom is 0.232 e. The van der Waals surface area contributed by atoms with E-state index in [0.29, 0.717) is 42.0 Å². The van der Waals surface area contributed by atoms with Crippen LogP contribution in [-0.2, 0) is 10.2 Å². The highest BCUT2D eigenvalue weighted by Crippen LogP contribution is 2.35. The summed E-state index contributed by atoms with van der Waals surface area (Å²) in [6, 6.07) is 10.3. The van der Waals surface area contributed by atoms with Gasteiger partial charge in [0, 0.05) is 48.8 Å². The molecule has 1 atom stereocenters. The minimum atomic E-state index is -0.0987. The maximum atomic E-state index is 6.31. The summed E-state index contributed by atoms with van der Waals surface area (Å²) in [7, 11) is 0. The van der Waals surface area contributed by atoms with Crippen LogP contribution in [0.2, 0.25) is 10.2 Å². The van der Waals surface area contributed by atoms with Crippen molar-refractivity contribution >= 4 is 52.3 Å². The highest BCUT2D eigenvalue weighted by Gasteiger charge is 2.34. The van der Waals surface area contributed by atoms with Gasteiger partial charge in [0.2, 0.25) is 5.95 Å². The number of nitrogens with one attached hydrogen (secondary N) is 2. The van der Waals surface area contributed by atoms with Crippen molar-refractivity contribution in [1.82, 2.24) is 15.3 Å². The minimum Gasteiger partial charge on any atom is -0.381 e. The number of anilines is 2. The lowest BCUT2D eigenvalue weighted by atomic mass is 9.74. The smallest absolute Gasteiger partial charge is 0.232 e. The molecule has 32 heavy (non-hydrogen) atoms. The first-order chi connectivity index (χ1) is 15.4. The number of rotatable bonds is 5. The van der Waals surface area contributed by atoms with Crippen LogP contribution in [0.3, 0.4) is 0 Å². The molecular weight excluding hydrogens is 465 g/mol. The molecule has 2 aliphatic heterocycles. The Morgan fingerprint density at radius 1 is 1.22 bits per heavy atom. The molecule has 9 heteroatoms. The normalized spacial score (nSPS) is 20.6. The van der Waals surface area contributed by atoms with E-state index in [9.17, 15) is 0 Å². The second-order valence-corrected chi connectivity index (χ2v) is 9.85. The zero-order valence-corrected chi connectivity index (χ0v) is 20.6. The first kappa shape index (κ1) is 23.5. The molecule has 2 aliphatic rings. The molecule has 6 nitrogen and oxygen atoms in total. The van der Waals surface area contributed by atoms with Gasteiger partial charge in [-0.3, -0.25) is 0 Å². The summed E-state index contributed by atoms with van der Waals surface area (Å²) >= 11 is 18.2. The lowest BCUT2D eigenvalue weighted by Crippen LogP contribution is -2.45. The topological polar surface area (TPSA) is 62.3 Å². The van der Waals surface area contributed by atoms with Crippen LogP contribution >= 0.6 is 35.4 Å². The fraction of sp³-hybridized carbons (Fsp3) is 0.522. The van der Waals surface area contributed by atoms with E-state index in [1.807, 2.05) is 24.3 Å². The second kappa shape index (κ2) is 10.5. The Labute approximate surface area is 205 Å². The van der Waals surface area contributed by atoms with Gasteiger partial charge in [-0.05, 0) is 68.9 Å². The van der Waals surface area contributed by atoms with E-state index < -0.39 is 0 Å². The predicted molar refractivity (Wildman–Crippen MR) is 135 cm³/mol. The molecule has 0 spiro atoms. The summed E-state index contributed by atoms with van der Waals surface area (Å²) < 4.78 is 5.62. The molecule has 0 radical (unpaired) electrons. The third-order valence-electron chi connectivity index (χ3n) is 6.48. The van der Waals surface area contributed by atoms with Crippen LogP contribution in [0.4, 0.5) is 11.8 Å². The van der Waals surface area contributed by atoms with E-state index >= 15 is 0 Å². The Kier molecular flexibility index (Phi) is 7.71. The Balaban J connectivity index is 1.45. The molecule has 0 aliphatic carbocycles. The molecule has 2 N–H and O–H groups in total. The first-order valence-electron chi connectivity index (χ1n) is 11.2. The molecule has 1 aromatic heterocycles. The van der Waals surface area contributed by atoms with Gasteiger partial charge < -0.3 is 20.3 Å². The number of halogens is 2. The number of benzene rings is 1. The van der Waals surface area contributed by atoms with E-state index in [1.54, 1.807) is 0 Å². The van der Waals surface area contributed by atoms with E-state index in [4.69, 9.17) is 40.2 Å². The van der Waals surface area contributed by atoms with Gasteiger partial charge in [-0.2, -0.15) is 4.98 Å². The first-order valence-corrected chi connectivity index (χ1v) is 12.3. The fourth-order valence-corrected chi connectivity index (χ4v) is 5.12. The van der Waals surface area contributed by atoms with Gasteiger partial charge in [-0.15, -0.1) is 0 Å². The van der Waals surface area contributed by atoms with Crippen LogP contribution < -0.4 is 15.5 Å². The van der Waals surface area contributed by atoms with Crippen molar-refractivity contribution in [2.75, 3.05) is 36.5 Å². The van der Waals surface area contributed by atoms with Gasteiger partial charge >= 0.3 is 0 Å². The van der Waals surface area contributed by atoms with Crippen molar-refractivity contribution in [3.8, 4) is 0 Å². The summed E-state index contributed by atoms with van der Waals surface area (Å²) in [5, 5.41) is 8.11. The van der Waals surface area contributed by atoms with Gasteiger partial charge in [0.05, 0.1) is 0 Å². The monoisotopic (exact) mass is 493 g/mol. The summed E-state index contributed by atoms with van der Waals surface area (Å²) in [4.78, 5) is 11.3. The number of aromatic nitrogens is 2. The van der Waals surface area contributed by atoms with E-state index in [1.165, 1.54) is 12.0 Å². The van der Waals surface area contributed by atoms with Gasteiger partial charge in [0.25, 0.3) is 0 Å². The molecule has 2 aromatic rings. The van der Waals surface area contributed by atoms with Crippen molar-refractivity contribution in [1.29, 1.82) is 0 Å². The molecule has 3 heterocycles. The third-order valence-corrected chi connectivity index (χ3v) is 7.15. The molecule has 2 saturated heterocycles. The standard InChI is InChI=1S/C23H29Cl2N5OS/c1-16-5-2-3-10-30(16)20-14-19(25)27-21(28-20)29-22(32)26-15-23(8-11-31-12-9-23)17-6-4-7-18(24)13-17/h4,6-7,13-14,16H,2-3,5,8-12,15H2,1H3,(H2,26,27,28,29,32)/t16-/m1/s1. The Bertz CT molecular complexity index is 954. The van der Waals surface area contributed by atoms with Gasteiger partial charge in [-0.25, -0.2) is 4.98 Å². The van der Waals surface area contributed by atoms with Crippen LogP contribution in [0.15, 0.2) is 30.3 Å². The molecular formula is C23H29Cl2N5OS. The van der Waals surface area contributed by atoms with Crippen LogP contribution in [0.1, 0.15) is 44.6 Å². The third kappa shape index (κ3) is 5.63. The Morgan fingerprint density at radius 3 is 2.78 bits per heavy atom. The molecule has 172 valence electrons. The Hall–Kier alpha value is -1.67. The lowest BCUT2D eigenvalue weighted by molar-refractivity contribution is 0.0515. The highest BCUT2D eigenvalue weighted by molar-refractivity contribution is 7.80. The van der Waals surface area contributed by atoms with Crippen LogP contribution in [0.25, 0.3) is 0 Å². The summed E-state index contributed by atoms with van der Waals surface area (Å²) in [5.41, 5.74) is 1.10. The average Bonchev–Trinajstić information content (AvgIpc) is 2.78. The number of hydrogen-bond acceptors (Lipinski definition) is 5. The summed E-state index contributed by atoms with van der Waals surface area (Å²) in [6.07, 6.45) is 5.35. The largest absolute Gasteiger partial charge is 0.381 e. The van der Waals surface area contributed by atoms with Gasteiger partial charge in [-0.1, -0.05) is 35.3 Å². The van der Waals surface area contributed by atoms with Crippen molar-refractivity contribution < 1.29 is 4.74 Å². The predicted octanol–water partition coefficient (Wildman–Crippen LogP) is 5.20. The number of ether oxygens (including phenoxy) is 1. The van der Waals surface area contributed by atoms with Crippen LogP contribution in [-0.4, -0.2) is 47.4 Å². The summed E-state index contributed by atoms with van der Waals surface area (Å²) in [6.45, 7) is 5.28. The fourth-order valence-electron chi connectivity index (χ4n) is 4.59. The quantitative estimate of drug-likeness (QED) is 0.438. The van der Waals surface area contributed by atoms with Crippen molar-refractivity contribution in [2.24, 2.45) is 0 Å². The van der Waals surface area contributed by atoms with Gasteiger partial charge in [0.15, 0.2) is 5.11 Å². The molecule has 0 amide bonds. The molecule has 1 aromatic carbocycles. The molecule has 2 fully saturated rings. The summed E-state index contributed by atoms with van der Waals surface area (Å²) in [5.74, 6) is 1.24. The van der Waals surface area contributed by atoms with E-state index in [2.05, 4.69) is 38.5 Å². The van der Waals surface area contributed by atoms with Crippen LogP contribution in [0, 0.1) is 0 Å². The SMILES string of the molecule is C[C@@H]1CCCCN1c1cc(Cl)nc(NC(=S)NCC2(c3cccc(Cl)c3)CCOCC2)n1. The number of thiocarbonyl (C=S) groups is 1. The molecule has 0 unspecified atom stereocenters. The number of nitrogens with zero attached hydrogens (tertiary/aromatic N) is 3. The highest BCUT2D eigenvalue weighted by atomic mass is 35.5. The van der Waals surface area contributed by atoms with Crippen molar-refractivity contribution in [3.05, 3.63) is 46.1 Å². The molecule has 0 bridgehead atoms. The van der Waals surface area contributed by atoms with Crippen LogP contribution in [0.5, 0.6) is 0 Å². The molecule has 0 saturated carbocycles. The maximum absolute atomic E-state index is 6.31. The second-order valence-electron chi connectivity index (χ2n) is 8.62. The minimum absolute atomic E-state index is 0.0987. The van der Waals surface area contributed by atoms with E-state index in [0.717, 1.165) is 43.1 Å². The van der Waals surface area contributed by atoms with Crippen molar-refractivity contribution in [2.45, 2.75) is 50.5 Å². The Morgan fingerprint density at radius 2 is 2.03 bits per heavy atom. The zero-order chi connectivity index (χ0) is 22.6. The number of piperidine rings is 1. The lowest BCUT2D eigenvalue weighted by Gasteiger charge is -2.38. The average molecular weight is 494 g/mol. The molecule has 4 rings (SSSR count). The van der Waals surface area contributed by atoms with Crippen molar-refractivity contribution in [3.63, 3.8) is 0 Å². The zero-order valence-electron chi connectivity index (χ0n) is 18.2. The van der Waals surface area contributed by atoms with E-state index in [-0.39, 0.29) is 5.41 Å².